The quantitative estimate of drug-likeness (QED) is 0.673. The minimum atomic E-state index is -1.06. The van der Waals surface area contributed by atoms with Crippen molar-refractivity contribution in [1.82, 2.24) is 0 Å². The van der Waals surface area contributed by atoms with Crippen molar-refractivity contribution in [2.75, 3.05) is 0 Å². The first kappa shape index (κ1) is 14.9. The van der Waals surface area contributed by atoms with E-state index in [9.17, 15) is 14.6 Å². The Kier molecular flexibility index (Phi) is 3.16. The lowest BCUT2D eigenvalue weighted by atomic mass is 9.49. The number of halogens is 1. The normalized spacial score (nSPS) is 56.9. The summed E-state index contributed by atoms with van der Waals surface area (Å²) in [6, 6.07) is 0. The molecule has 0 saturated heterocycles. The van der Waals surface area contributed by atoms with Crippen LogP contribution in [0.15, 0.2) is 23.8 Å². The van der Waals surface area contributed by atoms with Crippen molar-refractivity contribution < 1.29 is 14.6 Å². The molecular weight excluding hydrogens is 279 g/mol. The number of allylic oxidation sites excluding steroid dienone is 2. The fourth-order valence-electron chi connectivity index (χ4n) is 6.18. The Labute approximate surface area is 132 Å². The number of aliphatic hydroxyl groups is 2. The van der Waals surface area contributed by atoms with Gasteiger partial charge in [-0.2, -0.15) is 0 Å². The molecule has 4 aliphatic carbocycles. The molecule has 0 aromatic rings. The maximum atomic E-state index is 14.2. The van der Waals surface area contributed by atoms with Crippen LogP contribution in [0, 0.1) is 28.6 Å². The minimum absolute atomic E-state index is 0.0167. The second-order valence-electron chi connectivity index (χ2n) is 8.50. The van der Waals surface area contributed by atoms with Crippen molar-refractivity contribution >= 4 is 0 Å². The second kappa shape index (κ2) is 4.67. The van der Waals surface area contributed by atoms with Gasteiger partial charge in [-0.15, -0.1) is 0 Å². The molecule has 0 bridgehead atoms. The number of hydrogen-bond donors (Lipinski definition) is 2. The molecule has 0 amide bonds. The van der Waals surface area contributed by atoms with Gasteiger partial charge in [0, 0.05) is 5.41 Å². The molecule has 2 fully saturated rings. The summed E-state index contributed by atoms with van der Waals surface area (Å²) in [5.41, 5.74) is 1.13. The third kappa shape index (κ3) is 1.78. The Morgan fingerprint density at radius 3 is 2.77 bits per heavy atom. The highest BCUT2D eigenvalue weighted by Gasteiger charge is 2.60. The van der Waals surface area contributed by atoms with Gasteiger partial charge in [-0.25, -0.2) is 4.39 Å². The number of hydrogen-bond acceptors (Lipinski definition) is 2. The van der Waals surface area contributed by atoms with Gasteiger partial charge < -0.3 is 10.2 Å². The van der Waals surface area contributed by atoms with E-state index in [1.807, 2.05) is 6.08 Å². The molecule has 22 heavy (non-hydrogen) atoms. The highest BCUT2D eigenvalue weighted by Crippen LogP contribution is 2.64. The van der Waals surface area contributed by atoms with Crippen LogP contribution >= 0.6 is 0 Å². The Hall–Kier alpha value is -0.670. The molecule has 3 heteroatoms. The molecule has 0 spiro atoms. The van der Waals surface area contributed by atoms with Gasteiger partial charge in [0.15, 0.2) is 0 Å². The lowest BCUT2D eigenvalue weighted by Crippen LogP contribution is -2.50. The van der Waals surface area contributed by atoms with E-state index in [0.717, 1.165) is 25.7 Å². The smallest absolute Gasteiger partial charge is 0.127 e. The number of alkyl halides is 1. The van der Waals surface area contributed by atoms with E-state index in [1.165, 1.54) is 5.57 Å². The van der Waals surface area contributed by atoms with Gasteiger partial charge in [0.2, 0.25) is 0 Å². The van der Waals surface area contributed by atoms with Gasteiger partial charge in [-0.1, -0.05) is 37.6 Å². The van der Waals surface area contributed by atoms with Gasteiger partial charge in [0.05, 0.1) is 12.2 Å². The van der Waals surface area contributed by atoms with Crippen molar-refractivity contribution in [3.8, 4) is 0 Å². The zero-order valence-corrected chi connectivity index (χ0v) is 13.5. The van der Waals surface area contributed by atoms with Gasteiger partial charge >= 0.3 is 0 Å². The lowest BCUT2D eigenvalue weighted by Gasteiger charge is -2.56. The second-order valence-corrected chi connectivity index (χ2v) is 8.50. The SMILES string of the molecule is C[C@]12CC[C@H]3[C@@H](CC=C4C[C@@H](O)C=C[C@@]43C)[C@@H]1C[C@H](F)[C@@H]2O. The number of fused-ring (bicyclic) bond motifs is 5. The van der Waals surface area contributed by atoms with E-state index < -0.39 is 12.3 Å². The maximum Gasteiger partial charge on any atom is 0.127 e. The minimum Gasteiger partial charge on any atom is -0.390 e. The summed E-state index contributed by atoms with van der Waals surface area (Å²) in [4.78, 5) is 0. The molecule has 0 aromatic carbocycles. The van der Waals surface area contributed by atoms with Crippen LogP contribution < -0.4 is 0 Å². The molecule has 2 N–H and O–H groups in total. The largest absolute Gasteiger partial charge is 0.390 e. The van der Waals surface area contributed by atoms with Crippen LogP contribution in [0.25, 0.3) is 0 Å². The van der Waals surface area contributed by atoms with Gasteiger partial charge in [0.1, 0.15) is 6.17 Å². The van der Waals surface area contributed by atoms with Crippen molar-refractivity contribution in [1.29, 1.82) is 0 Å². The molecule has 0 aliphatic heterocycles. The predicted molar refractivity (Wildman–Crippen MR) is 83.9 cm³/mol. The Morgan fingerprint density at radius 2 is 2.00 bits per heavy atom. The summed E-state index contributed by atoms with van der Waals surface area (Å²) in [6.07, 6.45) is 8.45. The fraction of sp³-hybridized carbons (Fsp3) is 0.789. The molecule has 2 saturated carbocycles. The summed E-state index contributed by atoms with van der Waals surface area (Å²) >= 11 is 0. The first-order valence-corrected chi connectivity index (χ1v) is 8.75. The summed E-state index contributed by atoms with van der Waals surface area (Å²) < 4.78 is 14.2. The van der Waals surface area contributed by atoms with E-state index in [0.29, 0.717) is 18.3 Å². The van der Waals surface area contributed by atoms with Crippen molar-refractivity contribution in [3.63, 3.8) is 0 Å². The third-order valence-electron chi connectivity index (χ3n) is 7.56. The van der Waals surface area contributed by atoms with Crippen LogP contribution in [0.2, 0.25) is 0 Å². The Morgan fingerprint density at radius 1 is 1.23 bits per heavy atom. The van der Waals surface area contributed by atoms with Crippen LogP contribution in [0.1, 0.15) is 46.0 Å². The zero-order valence-electron chi connectivity index (χ0n) is 13.5. The molecule has 0 radical (unpaired) electrons. The summed E-state index contributed by atoms with van der Waals surface area (Å²) in [5, 5.41) is 20.2. The molecule has 2 nitrogen and oxygen atoms in total. The molecule has 0 unspecified atom stereocenters. The summed E-state index contributed by atoms with van der Waals surface area (Å²) in [7, 11) is 0. The maximum absolute atomic E-state index is 14.2. The summed E-state index contributed by atoms with van der Waals surface area (Å²) in [5.74, 6) is 1.26. The first-order chi connectivity index (χ1) is 10.4. The molecule has 4 rings (SSSR count). The van der Waals surface area contributed by atoms with Gasteiger partial charge in [-0.05, 0) is 55.3 Å². The number of rotatable bonds is 0. The van der Waals surface area contributed by atoms with Crippen LogP contribution in [0.3, 0.4) is 0 Å². The van der Waals surface area contributed by atoms with E-state index in [1.54, 1.807) is 0 Å². The average molecular weight is 306 g/mol. The predicted octanol–water partition coefficient (Wildman–Crippen LogP) is 3.40. The molecule has 4 aliphatic rings. The molecular formula is C19H27FO2. The highest BCUT2D eigenvalue weighted by atomic mass is 19.1. The van der Waals surface area contributed by atoms with Crippen LogP contribution in [0.4, 0.5) is 4.39 Å². The van der Waals surface area contributed by atoms with Gasteiger partial charge in [-0.3, -0.25) is 0 Å². The highest BCUT2D eigenvalue weighted by molar-refractivity contribution is 5.33. The fourth-order valence-corrected chi connectivity index (χ4v) is 6.18. The molecule has 0 aromatic heterocycles. The molecule has 8 atom stereocenters. The van der Waals surface area contributed by atoms with E-state index in [4.69, 9.17) is 0 Å². The average Bonchev–Trinajstić information content (AvgIpc) is 2.72. The van der Waals surface area contributed by atoms with E-state index in [2.05, 4.69) is 26.0 Å². The van der Waals surface area contributed by atoms with Crippen molar-refractivity contribution in [3.05, 3.63) is 23.8 Å². The number of aliphatic hydroxyl groups excluding tert-OH is 2. The van der Waals surface area contributed by atoms with E-state index in [-0.39, 0.29) is 22.9 Å². The van der Waals surface area contributed by atoms with Crippen LogP contribution in [0.5, 0.6) is 0 Å². The van der Waals surface area contributed by atoms with E-state index >= 15 is 0 Å². The summed E-state index contributed by atoms with van der Waals surface area (Å²) in [6.45, 7) is 4.39. The lowest BCUT2D eigenvalue weighted by molar-refractivity contribution is -0.0627. The van der Waals surface area contributed by atoms with Crippen molar-refractivity contribution in [2.24, 2.45) is 28.6 Å². The van der Waals surface area contributed by atoms with Crippen LogP contribution in [-0.4, -0.2) is 28.6 Å². The Bertz CT molecular complexity index is 542. The van der Waals surface area contributed by atoms with Crippen LogP contribution in [-0.2, 0) is 0 Å². The van der Waals surface area contributed by atoms with Crippen molar-refractivity contribution in [2.45, 2.75) is 64.3 Å². The third-order valence-corrected chi connectivity index (χ3v) is 7.56. The topological polar surface area (TPSA) is 40.5 Å². The standard InChI is InChI=1S/C19H27FO2/c1-18-7-5-12(21)9-11(18)3-4-13-14(18)6-8-19(2)15(13)10-16(20)17(19)22/h3,5,7,12-17,21-22H,4,6,8-10H2,1-2H3/t12-,13+,14-,15-,16-,17-,18-,19-/m0/s1. The Balaban J connectivity index is 1.71. The molecule has 122 valence electrons. The van der Waals surface area contributed by atoms with Gasteiger partial charge in [0.25, 0.3) is 0 Å². The first-order valence-electron chi connectivity index (χ1n) is 8.75. The monoisotopic (exact) mass is 306 g/mol. The zero-order chi connectivity index (χ0) is 15.7. The molecule has 0 heterocycles.